The zero-order valence-electron chi connectivity index (χ0n) is 13.0. The quantitative estimate of drug-likeness (QED) is 0.266. The summed E-state index contributed by atoms with van der Waals surface area (Å²) in [6.45, 7) is 2.59. The first-order valence-electron chi connectivity index (χ1n) is 7.06. The fraction of sp³-hybridized carbons (Fsp3) is 0.857. The largest absolute Gasteiger partial charge is 0.465 e. The van der Waals surface area contributed by atoms with Crippen LogP contribution in [0.1, 0.15) is 46.5 Å². The Morgan fingerprint density at radius 2 is 1.55 bits per heavy atom. The summed E-state index contributed by atoms with van der Waals surface area (Å²) < 4.78 is 58.3. The first-order valence-corrected chi connectivity index (χ1v) is 7.06. The minimum absolute atomic E-state index is 0.0999. The number of carbonyl (C=O) groups is 2. The molecule has 22 heavy (non-hydrogen) atoms. The Morgan fingerprint density at radius 3 is 2.05 bits per heavy atom. The van der Waals surface area contributed by atoms with Crippen LogP contribution in [0.4, 0.5) is 17.6 Å². The molecule has 0 heterocycles. The predicted octanol–water partition coefficient (Wildman–Crippen LogP) is 3.58. The molecule has 8 heteroatoms. The van der Waals surface area contributed by atoms with Crippen LogP contribution in [0.2, 0.25) is 0 Å². The maximum absolute atomic E-state index is 12.7. The third-order valence-electron chi connectivity index (χ3n) is 2.97. The van der Waals surface area contributed by atoms with Crippen molar-refractivity contribution in [3.63, 3.8) is 0 Å². The first-order chi connectivity index (χ1) is 10.1. The van der Waals surface area contributed by atoms with E-state index < -0.39 is 36.3 Å². The predicted molar refractivity (Wildman–Crippen MR) is 70.8 cm³/mol. The van der Waals surface area contributed by atoms with Crippen LogP contribution < -0.4 is 0 Å². The maximum Gasteiger partial charge on any atom is 0.340 e. The minimum atomic E-state index is -4.45. The normalized spacial score (nSPS) is 12.4. The molecule has 0 saturated heterocycles. The Bertz CT molecular complexity index is 370. The monoisotopic (exact) mass is 330 g/mol. The summed E-state index contributed by atoms with van der Waals surface area (Å²) in [6.07, 6.45) is -0.492. The lowest BCUT2D eigenvalue weighted by atomic mass is 9.94. The number of unbranched alkanes of at least 4 members (excludes halogenated alkanes) is 3. The number of hydrogen-bond donors (Lipinski definition) is 0. The van der Waals surface area contributed by atoms with E-state index in [0.717, 1.165) is 33.1 Å². The summed E-state index contributed by atoms with van der Waals surface area (Å²) in [5, 5.41) is 0. The lowest BCUT2D eigenvalue weighted by Gasteiger charge is -2.22. The van der Waals surface area contributed by atoms with E-state index in [0.29, 0.717) is 6.42 Å². The van der Waals surface area contributed by atoms with Crippen molar-refractivity contribution in [1.29, 1.82) is 0 Å². The number of carbonyl (C=O) groups excluding carboxylic acids is 2. The van der Waals surface area contributed by atoms with Crippen LogP contribution in [0, 0.1) is 5.41 Å². The van der Waals surface area contributed by atoms with E-state index >= 15 is 0 Å². The smallest absolute Gasteiger partial charge is 0.340 e. The molecule has 0 radical (unpaired) electrons. The maximum atomic E-state index is 12.7. The molecule has 0 unspecified atom stereocenters. The number of halogens is 4. The van der Waals surface area contributed by atoms with E-state index in [1.54, 1.807) is 0 Å². The Balaban J connectivity index is 4.34. The average molecular weight is 330 g/mol. The van der Waals surface area contributed by atoms with Crippen molar-refractivity contribution in [3.05, 3.63) is 0 Å². The Hall–Kier alpha value is -1.34. The van der Waals surface area contributed by atoms with Crippen LogP contribution in [0.3, 0.4) is 0 Å². The molecule has 0 aromatic heterocycles. The summed E-state index contributed by atoms with van der Waals surface area (Å²) in [7, 11) is 0. The molecule has 0 amide bonds. The zero-order chi connectivity index (χ0) is 17.4. The molecule has 0 fully saturated rings. The van der Waals surface area contributed by atoms with Crippen molar-refractivity contribution in [1.82, 2.24) is 0 Å². The second-order valence-corrected chi connectivity index (χ2v) is 5.46. The van der Waals surface area contributed by atoms with E-state index in [-0.39, 0.29) is 6.61 Å². The molecule has 0 aliphatic carbocycles. The molecule has 0 aromatic carbocycles. The summed E-state index contributed by atoms with van der Waals surface area (Å²) in [5.41, 5.74) is -1.83. The van der Waals surface area contributed by atoms with Gasteiger partial charge in [-0.2, -0.15) is 8.78 Å². The third-order valence-corrected chi connectivity index (χ3v) is 2.97. The second kappa shape index (κ2) is 8.95. The van der Waals surface area contributed by atoms with Crippen LogP contribution in [-0.4, -0.2) is 37.5 Å². The number of ether oxygens (including phenoxy) is 2. The second-order valence-electron chi connectivity index (χ2n) is 5.46. The summed E-state index contributed by atoms with van der Waals surface area (Å²) >= 11 is 0. The molecular weight excluding hydrogens is 308 g/mol. The number of hydrogen-bond acceptors (Lipinski definition) is 4. The molecule has 0 bridgehead atoms. The Kier molecular flexibility index (Phi) is 8.40. The Labute approximate surface area is 127 Å². The molecule has 0 saturated carbocycles. The van der Waals surface area contributed by atoms with Crippen LogP contribution in [-0.2, 0) is 19.1 Å². The SMILES string of the molecule is CCCCCCOC(=O)C(C)(C)C(=O)OCC(F)(F)C(F)F. The van der Waals surface area contributed by atoms with Gasteiger partial charge in [0.15, 0.2) is 12.0 Å². The number of alkyl halides is 4. The molecule has 0 rings (SSSR count). The van der Waals surface area contributed by atoms with Crippen molar-refractivity contribution in [3.8, 4) is 0 Å². The van der Waals surface area contributed by atoms with Crippen LogP contribution in [0.25, 0.3) is 0 Å². The third kappa shape index (κ3) is 6.62. The highest BCUT2D eigenvalue weighted by Crippen LogP contribution is 2.26. The first kappa shape index (κ1) is 20.7. The summed E-state index contributed by atoms with van der Waals surface area (Å²) in [5.74, 6) is -6.71. The van der Waals surface area contributed by atoms with Crippen molar-refractivity contribution < 1.29 is 36.6 Å². The number of rotatable bonds is 10. The van der Waals surface area contributed by atoms with Crippen molar-refractivity contribution in [2.45, 2.75) is 58.8 Å². The van der Waals surface area contributed by atoms with Gasteiger partial charge in [0, 0.05) is 0 Å². The summed E-state index contributed by atoms with van der Waals surface area (Å²) in [4.78, 5) is 23.3. The topological polar surface area (TPSA) is 52.6 Å². The molecule has 130 valence electrons. The fourth-order valence-electron chi connectivity index (χ4n) is 1.36. The van der Waals surface area contributed by atoms with E-state index in [9.17, 15) is 27.2 Å². The van der Waals surface area contributed by atoms with Gasteiger partial charge in [-0.15, -0.1) is 0 Å². The Morgan fingerprint density at radius 1 is 1.00 bits per heavy atom. The van der Waals surface area contributed by atoms with E-state index in [2.05, 4.69) is 4.74 Å². The molecule has 0 aliphatic heterocycles. The molecule has 0 aromatic rings. The van der Waals surface area contributed by atoms with Gasteiger partial charge in [-0.25, -0.2) is 8.78 Å². The molecule has 0 aliphatic rings. The van der Waals surface area contributed by atoms with Gasteiger partial charge in [0.25, 0.3) is 0 Å². The van der Waals surface area contributed by atoms with Crippen LogP contribution in [0.5, 0.6) is 0 Å². The minimum Gasteiger partial charge on any atom is -0.465 e. The van der Waals surface area contributed by atoms with Gasteiger partial charge in [0.2, 0.25) is 0 Å². The van der Waals surface area contributed by atoms with Crippen LogP contribution >= 0.6 is 0 Å². The van der Waals surface area contributed by atoms with Gasteiger partial charge >= 0.3 is 24.3 Å². The van der Waals surface area contributed by atoms with E-state index in [4.69, 9.17) is 4.74 Å². The lowest BCUT2D eigenvalue weighted by Crippen LogP contribution is -2.40. The average Bonchev–Trinajstić information content (AvgIpc) is 2.43. The lowest BCUT2D eigenvalue weighted by molar-refractivity contribution is -0.190. The van der Waals surface area contributed by atoms with Gasteiger partial charge in [-0.1, -0.05) is 26.2 Å². The van der Waals surface area contributed by atoms with Gasteiger partial charge in [0.1, 0.15) is 0 Å². The van der Waals surface area contributed by atoms with Crippen molar-refractivity contribution in [2.75, 3.05) is 13.2 Å². The van der Waals surface area contributed by atoms with Crippen molar-refractivity contribution >= 4 is 11.9 Å². The molecular formula is C14H22F4O4. The van der Waals surface area contributed by atoms with Crippen molar-refractivity contribution in [2.24, 2.45) is 5.41 Å². The van der Waals surface area contributed by atoms with E-state index in [1.807, 2.05) is 6.92 Å². The highest BCUT2D eigenvalue weighted by atomic mass is 19.3. The van der Waals surface area contributed by atoms with Crippen LogP contribution in [0.15, 0.2) is 0 Å². The van der Waals surface area contributed by atoms with Gasteiger partial charge in [-0.3, -0.25) is 9.59 Å². The summed E-state index contributed by atoms with van der Waals surface area (Å²) in [6, 6.07) is 0. The highest BCUT2D eigenvalue weighted by molar-refractivity contribution is 5.99. The zero-order valence-corrected chi connectivity index (χ0v) is 13.0. The molecule has 4 nitrogen and oxygen atoms in total. The van der Waals surface area contributed by atoms with Gasteiger partial charge < -0.3 is 9.47 Å². The standard InChI is InChI=1S/C14H22F4O4/c1-4-5-6-7-8-21-11(19)13(2,3)12(20)22-9-14(17,18)10(15)16/h10H,4-9H2,1-3H3. The highest BCUT2D eigenvalue weighted by Gasteiger charge is 2.45. The molecule has 0 N–H and O–H groups in total. The van der Waals surface area contributed by atoms with E-state index in [1.165, 1.54) is 0 Å². The molecule has 0 atom stereocenters. The molecule has 0 spiro atoms. The van der Waals surface area contributed by atoms with Gasteiger partial charge in [-0.05, 0) is 20.3 Å². The number of esters is 2. The van der Waals surface area contributed by atoms with Gasteiger partial charge in [0.05, 0.1) is 6.61 Å². The fourth-order valence-corrected chi connectivity index (χ4v) is 1.36.